The molecule has 0 unspecified atom stereocenters. The molecule has 1 aromatic rings. The third-order valence-corrected chi connectivity index (χ3v) is 2.12. The summed E-state index contributed by atoms with van der Waals surface area (Å²) >= 11 is 0. The van der Waals surface area contributed by atoms with E-state index < -0.39 is 0 Å². The summed E-state index contributed by atoms with van der Waals surface area (Å²) in [5, 5.41) is 8.79. The van der Waals surface area contributed by atoms with Crippen LogP contribution in [0.1, 0.15) is 18.9 Å². The maximum atomic E-state index is 8.79. The van der Waals surface area contributed by atoms with Crippen molar-refractivity contribution >= 4 is 5.69 Å². The standard InChI is InChI=1S/C13H14N2/c1-3-8-15(9-4-2)13-7-5-6-12(10-13)11-14/h1,5-7,10H,4,8-9H2,2H3. The number of hydrogen-bond donors (Lipinski definition) is 0. The SMILES string of the molecule is C#CCN(CCC)c1cccc(C#N)c1. The van der Waals surface area contributed by atoms with Crippen LogP contribution in [0.3, 0.4) is 0 Å². The summed E-state index contributed by atoms with van der Waals surface area (Å²) in [6.07, 6.45) is 6.35. The van der Waals surface area contributed by atoms with Gasteiger partial charge < -0.3 is 4.90 Å². The molecule has 0 bridgehead atoms. The van der Waals surface area contributed by atoms with Gasteiger partial charge in [0, 0.05) is 12.2 Å². The third kappa shape index (κ3) is 3.04. The van der Waals surface area contributed by atoms with E-state index in [1.807, 2.05) is 18.2 Å². The van der Waals surface area contributed by atoms with Crippen molar-refractivity contribution in [3.05, 3.63) is 29.8 Å². The number of rotatable bonds is 4. The van der Waals surface area contributed by atoms with Crippen molar-refractivity contribution in [2.75, 3.05) is 18.0 Å². The molecule has 0 aliphatic carbocycles. The molecule has 0 aromatic heterocycles. The Morgan fingerprint density at radius 1 is 1.47 bits per heavy atom. The summed E-state index contributed by atoms with van der Waals surface area (Å²) < 4.78 is 0. The summed E-state index contributed by atoms with van der Waals surface area (Å²) in [6, 6.07) is 9.65. The Balaban J connectivity index is 2.91. The van der Waals surface area contributed by atoms with Gasteiger partial charge in [0.05, 0.1) is 18.2 Å². The molecule has 0 amide bonds. The molecule has 2 heteroatoms. The fraction of sp³-hybridized carbons (Fsp3) is 0.308. The molecule has 1 aromatic carbocycles. The van der Waals surface area contributed by atoms with Crippen molar-refractivity contribution in [2.45, 2.75) is 13.3 Å². The van der Waals surface area contributed by atoms with E-state index in [0.717, 1.165) is 18.7 Å². The van der Waals surface area contributed by atoms with Gasteiger partial charge in [0.25, 0.3) is 0 Å². The van der Waals surface area contributed by atoms with E-state index in [2.05, 4.69) is 23.8 Å². The van der Waals surface area contributed by atoms with E-state index in [0.29, 0.717) is 12.1 Å². The maximum Gasteiger partial charge on any atom is 0.0992 e. The van der Waals surface area contributed by atoms with E-state index in [-0.39, 0.29) is 0 Å². The highest BCUT2D eigenvalue weighted by Gasteiger charge is 2.03. The van der Waals surface area contributed by atoms with Crippen molar-refractivity contribution in [3.63, 3.8) is 0 Å². The van der Waals surface area contributed by atoms with Crippen LogP contribution in [0.4, 0.5) is 5.69 Å². The monoisotopic (exact) mass is 198 g/mol. The van der Waals surface area contributed by atoms with Crippen LogP contribution in [-0.2, 0) is 0 Å². The number of hydrogen-bond acceptors (Lipinski definition) is 2. The maximum absolute atomic E-state index is 8.79. The van der Waals surface area contributed by atoms with Crippen molar-refractivity contribution in [1.29, 1.82) is 5.26 Å². The van der Waals surface area contributed by atoms with Crippen LogP contribution in [0.2, 0.25) is 0 Å². The van der Waals surface area contributed by atoms with E-state index >= 15 is 0 Å². The lowest BCUT2D eigenvalue weighted by atomic mass is 10.2. The van der Waals surface area contributed by atoms with Crippen molar-refractivity contribution in [2.24, 2.45) is 0 Å². The smallest absolute Gasteiger partial charge is 0.0992 e. The lowest BCUT2D eigenvalue weighted by Gasteiger charge is -2.21. The zero-order valence-electron chi connectivity index (χ0n) is 8.90. The van der Waals surface area contributed by atoms with Crippen LogP contribution < -0.4 is 4.90 Å². The Bertz CT molecular complexity index is 396. The minimum absolute atomic E-state index is 0.586. The van der Waals surface area contributed by atoms with Crippen LogP contribution in [0.5, 0.6) is 0 Å². The zero-order chi connectivity index (χ0) is 11.1. The number of nitrogens with zero attached hydrogens (tertiary/aromatic N) is 2. The van der Waals surface area contributed by atoms with E-state index in [9.17, 15) is 0 Å². The number of terminal acetylenes is 1. The van der Waals surface area contributed by atoms with Crippen molar-refractivity contribution < 1.29 is 0 Å². The van der Waals surface area contributed by atoms with Crippen LogP contribution >= 0.6 is 0 Å². The van der Waals surface area contributed by atoms with Crippen LogP contribution in [0, 0.1) is 23.7 Å². The van der Waals surface area contributed by atoms with Gasteiger partial charge >= 0.3 is 0 Å². The van der Waals surface area contributed by atoms with Crippen LogP contribution in [0.15, 0.2) is 24.3 Å². The molecule has 0 fully saturated rings. The first-order valence-corrected chi connectivity index (χ1v) is 5.00. The van der Waals surface area contributed by atoms with Gasteiger partial charge in [0.1, 0.15) is 0 Å². The van der Waals surface area contributed by atoms with Crippen LogP contribution in [-0.4, -0.2) is 13.1 Å². The molecular weight excluding hydrogens is 184 g/mol. The molecule has 0 saturated heterocycles. The normalized spacial score (nSPS) is 9.00. The fourth-order valence-corrected chi connectivity index (χ4v) is 1.45. The van der Waals surface area contributed by atoms with Gasteiger partial charge in [-0.15, -0.1) is 6.42 Å². The van der Waals surface area contributed by atoms with Crippen LogP contribution in [0.25, 0.3) is 0 Å². The van der Waals surface area contributed by atoms with Gasteiger partial charge in [0.15, 0.2) is 0 Å². The molecule has 0 aliphatic rings. The molecule has 0 radical (unpaired) electrons. The third-order valence-electron chi connectivity index (χ3n) is 2.12. The molecule has 0 atom stereocenters. The van der Waals surface area contributed by atoms with Crippen molar-refractivity contribution in [3.8, 4) is 18.4 Å². The first-order chi connectivity index (χ1) is 7.31. The molecule has 1 rings (SSSR count). The van der Waals surface area contributed by atoms with E-state index in [1.54, 1.807) is 6.07 Å². The van der Waals surface area contributed by atoms with Gasteiger partial charge in [0.2, 0.25) is 0 Å². The Morgan fingerprint density at radius 3 is 2.87 bits per heavy atom. The Kier molecular flexibility index (Phi) is 4.26. The van der Waals surface area contributed by atoms with Gasteiger partial charge in [-0.05, 0) is 24.6 Å². The molecule has 2 nitrogen and oxygen atoms in total. The topological polar surface area (TPSA) is 27.0 Å². The molecule has 0 aliphatic heterocycles. The summed E-state index contributed by atoms with van der Waals surface area (Å²) in [7, 11) is 0. The van der Waals surface area contributed by atoms with Gasteiger partial charge in [-0.3, -0.25) is 0 Å². The molecule has 0 spiro atoms. The summed E-state index contributed by atoms with van der Waals surface area (Å²) in [5.41, 5.74) is 1.69. The number of anilines is 1. The first kappa shape index (κ1) is 11.1. The first-order valence-electron chi connectivity index (χ1n) is 5.00. The molecule has 0 N–H and O–H groups in total. The lowest BCUT2D eigenvalue weighted by Crippen LogP contribution is -2.24. The average Bonchev–Trinajstić information content (AvgIpc) is 2.29. The number of benzene rings is 1. The highest BCUT2D eigenvalue weighted by Crippen LogP contribution is 2.15. The molecule has 15 heavy (non-hydrogen) atoms. The molecular formula is C13H14N2. The average molecular weight is 198 g/mol. The predicted molar refractivity (Wildman–Crippen MR) is 62.5 cm³/mol. The summed E-state index contributed by atoms with van der Waals surface area (Å²) in [6.45, 7) is 3.61. The second-order valence-corrected chi connectivity index (χ2v) is 3.29. The molecule has 0 heterocycles. The summed E-state index contributed by atoms with van der Waals surface area (Å²) in [4.78, 5) is 2.10. The minimum atomic E-state index is 0.586. The predicted octanol–water partition coefficient (Wildman–Crippen LogP) is 2.41. The fourth-order valence-electron chi connectivity index (χ4n) is 1.45. The zero-order valence-corrected chi connectivity index (χ0v) is 8.90. The summed E-state index contributed by atoms with van der Waals surface area (Å²) in [5.74, 6) is 2.63. The second-order valence-electron chi connectivity index (χ2n) is 3.29. The van der Waals surface area contributed by atoms with Gasteiger partial charge in [-0.25, -0.2) is 0 Å². The van der Waals surface area contributed by atoms with Gasteiger partial charge in [-0.1, -0.05) is 18.9 Å². The Labute approximate surface area is 91.1 Å². The van der Waals surface area contributed by atoms with Gasteiger partial charge in [-0.2, -0.15) is 5.26 Å². The Morgan fingerprint density at radius 2 is 2.27 bits per heavy atom. The molecule has 76 valence electrons. The molecule has 0 saturated carbocycles. The lowest BCUT2D eigenvalue weighted by molar-refractivity contribution is 0.823. The largest absolute Gasteiger partial charge is 0.360 e. The highest BCUT2D eigenvalue weighted by molar-refractivity contribution is 5.52. The quantitative estimate of drug-likeness (QED) is 0.695. The number of nitriles is 1. The van der Waals surface area contributed by atoms with E-state index in [4.69, 9.17) is 11.7 Å². The highest BCUT2D eigenvalue weighted by atomic mass is 15.1. The Hall–Kier alpha value is -1.93. The second kappa shape index (κ2) is 5.73. The van der Waals surface area contributed by atoms with Crippen molar-refractivity contribution in [1.82, 2.24) is 0 Å². The van der Waals surface area contributed by atoms with E-state index in [1.165, 1.54) is 0 Å². The minimum Gasteiger partial charge on any atom is -0.360 e.